The van der Waals surface area contributed by atoms with Crippen LogP contribution in [0.1, 0.15) is 0 Å². The number of furan rings is 1. The summed E-state index contributed by atoms with van der Waals surface area (Å²) < 4.78 is 6.33. The van der Waals surface area contributed by atoms with Crippen LogP contribution >= 0.6 is 0 Å². The molecule has 0 aliphatic carbocycles. The van der Waals surface area contributed by atoms with Crippen LogP contribution in [-0.2, 0) is 0 Å². The van der Waals surface area contributed by atoms with Crippen molar-refractivity contribution in [1.29, 1.82) is 0 Å². The highest BCUT2D eigenvalue weighted by Gasteiger charge is 2.18. The lowest BCUT2D eigenvalue weighted by molar-refractivity contribution is 0.670. The van der Waals surface area contributed by atoms with E-state index >= 15 is 0 Å². The van der Waals surface area contributed by atoms with E-state index in [4.69, 9.17) is 19.4 Å². The zero-order valence-electron chi connectivity index (χ0n) is 25.3. The summed E-state index contributed by atoms with van der Waals surface area (Å²) in [6.07, 6.45) is 0. The molecule has 0 amide bonds. The molecule has 0 spiro atoms. The van der Waals surface area contributed by atoms with Gasteiger partial charge in [0.25, 0.3) is 0 Å². The van der Waals surface area contributed by atoms with Gasteiger partial charge in [-0.05, 0) is 45.7 Å². The van der Waals surface area contributed by atoms with Gasteiger partial charge in [-0.15, -0.1) is 0 Å². The van der Waals surface area contributed by atoms with Gasteiger partial charge in [0.15, 0.2) is 17.5 Å². The molecule has 0 fully saturated rings. The molecule has 0 saturated heterocycles. The molecule has 0 bridgehead atoms. The van der Waals surface area contributed by atoms with Crippen LogP contribution in [-0.4, -0.2) is 15.0 Å². The Balaban J connectivity index is 1.21. The zero-order valence-corrected chi connectivity index (χ0v) is 25.3. The summed E-state index contributed by atoms with van der Waals surface area (Å²) in [4.78, 5) is 15.2. The van der Waals surface area contributed by atoms with Crippen molar-refractivity contribution in [3.8, 4) is 56.4 Å². The molecule has 220 valence electrons. The van der Waals surface area contributed by atoms with Crippen molar-refractivity contribution >= 4 is 32.7 Å². The van der Waals surface area contributed by atoms with Crippen LogP contribution in [0.4, 0.5) is 0 Å². The quantitative estimate of drug-likeness (QED) is 0.197. The SMILES string of the molecule is c1ccc(-c2nc(-c3ccc(-c4cccc5c4oc4ccccc45)cc3)nc(-c3cc4ccccc4cc3-c3ccccc3)n2)cc1. The Labute approximate surface area is 271 Å². The Hall–Kier alpha value is -6.39. The highest BCUT2D eigenvalue weighted by atomic mass is 16.3. The second kappa shape index (κ2) is 11.2. The number of benzene rings is 7. The third-order valence-corrected chi connectivity index (χ3v) is 8.74. The van der Waals surface area contributed by atoms with E-state index in [1.807, 2.05) is 54.6 Å². The molecule has 2 heterocycles. The normalized spacial score (nSPS) is 11.4. The average molecular weight is 602 g/mol. The van der Waals surface area contributed by atoms with E-state index in [1.54, 1.807) is 0 Å². The monoisotopic (exact) mass is 601 g/mol. The fourth-order valence-corrected chi connectivity index (χ4v) is 6.40. The predicted molar refractivity (Wildman–Crippen MR) is 192 cm³/mol. The summed E-state index contributed by atoms with van der Waals surface area (Å²) in [5.74, 6) is 1.89. The highest BCUT2D eigenvalue weighted by Crippen LogP contribution is 2.38. The summed E-state index contributed by atoms with van der Waals surface area (Å²) in [5.41, 5.74) is 8.90. The number of nitrogens with zero attached hydrogens (tertiary/aromatic N) is 3. The second-order valence-corrected chi connectivity index (χ2v) is 11.6. The number of hydrogen-bond acceptors (Lipinski definition) is 4. The minimum atomic E-state index is 0.620. The Morgan fingerprint density at radius 2 is 0.851 bits per heavy atom. The third-order valence-electron chi connectivity index (χ3n) is 8.74. The summed E-state index contributed by atoms with van der Waals surface area (Å²) in [5, 5.41) is 4.54. The Morgan fingerprint density at radius 3 is 1.57 bits per heavy atom. The first-order valence-corrected chi connectivity index (χ1v) is 15.7. The average Bonchev–Trinajstić information content (AvgIpc) is 3.54. The summed E-state index contributed by atoms with van der Waals surface area (Å²) in [7, 11) is 0. The first-order valence-electron chi connectivity index (χ1n) is 15.7. The van der Waals surface area contributed by atoms with E-state index in [0.717, 1.165) is 66.3 Å². The maximum atomic E-state index is 6.33. The summed E-state index contributed by atoms with van der Waals surface area (Å²) >= 11 is 0. The van der Waals surface area contributed by atoms with Crippen LogP contribution in [0.25, 0.3) is 89.1 Å². The van der Waals surface area contributed by atoms with Gasteiger partial charge < -0.3 is 4.42 Å². The van der Waals surface area contributed by atoms with Gasteiger partial charge in [0.05, 0.1) is 0 Å². The standard InChI is InChI=1S/C43H27N3O/c1-3-12-28(13-4-1)37-26-32-16-7-8-17-33(32)27-38(37)43-45-41(30-14-5-2-6-15-30)44-42(46-43)31-24-22-29(23-25-31)34-19-11-20-36-35-18-9-10-21-39(35)47-40(34)36/h1-27H. The highest BCUT2D eigenvalue weighted by molar-refractivity contribution is 6.09. The van der Waals surface area contributed by atoms with Gasteiger partial charge in [-0.2, -0.15) is 0 Å². The molecule has 0 atom stereocenters. The van der Waals surface area contributed by atoms with Crippen LogP contribution in [0.2, 0.25) is 0 Å². The molecular formula is C43H27N3O. The molecule has 47 heavy (non-hydrogen) atoms. The lowest BCUT2D eigenvalue weighted by Crippen LogP contribution is -2.01. The minimum absolute atomic E-state index is 0.620. The number of rotatable bonds is 5. The van der Waals surface area contributed by atoms with Crippen LogP contribution in [0.3, 0.4) is 0 Å². The third kappa shape index (κ3) is 4.84. The molecule has 4 heteroatoms. The van der Waals surface area contributed by atoms with Crippen molar-refractivity contribution < 1.29 is 4.42 Å². The van der Waals surface area contributed by atoms with Crippen molar-refractivity contribution in [1.82, 2.24) is 15.0 Å². The van der Waals surface area contributed by atoms with E-state index in [9.17, 15) is 0 Å². The van der Waals surface area contributed by atoms with Crippen LogP contribution in [0.15, 0.2) is 168 Å². The summed E-state index contributed by atoms with van der Waals surface area (Å²) in [6.45, 7) is 0. The lowest BCUT2D eigenvalue weighted by Gasteiger charge is -2.14. The predicted octanol–water partition coefficient (Wildman–Crippen LogP) is 11.3. The maximum Gasteiger partial charge on any atom is 0.164 e. The molecule has 0 radical (unpaired) electrons. The molecule has 9 aromatic rings. The van der Waals surface area contributed by atoms with Crippen LogP contribution < -0.4 is 0 Å². The molecule has 0 saturated carbocycles. The van der Waals surface area contributed by atoms with Crippen molar-refractivity contribution in [3.63, 3.8) is 0 Å². The molecule has 0 unspecified atom stereocenters. The molecule has 2 aromatic heterocycles. The van der Waals surface area contributed by atoms with Crippen molar-refractivity contribution in [2.75, 3.05) is 0 Å². The lowest BCUT2D eigenvalue weighted by atomic mass is 9.95. The summed E-state index contributed by atoms with van der Waals surface area (Å²) in [6, 6.07) is 56.3. The van der Waals surface area contributed by atoms with Gasteiger partial charge >= 0.3 is 0 Å². The number of para-hydroxylation sites is 2. The van der Waals surface area contributed by atoms with Gasteiger partial charge in [-0.1, -0.05) is 146 Å². The Morgan fingerprint density at radius 1 is 0.340 bits per heavy atom. The van der Waals surface area contributed by atoms with Gasteiger partial charge in [0.2, 0.25) is 0 Å². The number of hydrogen-bond donors (Lipinski definition) is 0. The van der Waals surface area contributed by atoms with Crippen molar-refractivity contribution in [2.24, 2.45) is 0 Å². The molecule has 9 rings (SSSR count). The second-order valence-electron chi connectivity index (χ2n) is 11.6. The van der Waals surface area contributed by atoms with E-state index in [2.05, 4.69) is 109 Å². The number of fused-ring (bicyclic) bond motifs is 4. The fourth-order valence-electron chi connectivity index (χ4n) is 6.40. The Kier molecular flexibility index (Phi) is 6.43. The first-order chi connectivity index (χ1) is 23.3. The molecule has 7 aromatic carbocycles. The smallest absolute Gasteiger partial charge is 0.164 e. The van der Waals surface area contributed by atoms with Gasteiger partial charge in [0, 0.05) is 33.0 Å². The van der Waals surface area contributed by atoms with Gasteiger partial charge in [0.1, 0.15) is 11.2 Å². The maximum absolute atomic E-state index is 6.33. The molecule has 0 N–H and O–H groups in total. The molecule has 0 aliphatic heterocycles. The Bertz CT molecular complexity index is 2550. The largest absolute Gasteiger partial charge is 0.455 e. The minimum Gasteiger partial charge on any atom is -0.455 e. The van der Waals surface area contributed by atoms with E-state index in [0.29, 0.717) is 17.5 Å². The first kappa shape index (κ1) is 27.0. The molecular weight excluding hydrogens is 574 g/mol. The zero-order chi connectivity index (χ0) is 31.2. The van der Waals surface area contributed by atoms with Crippen LogP contribution in [0.5, 0.6) is 0 Å². The molecule has 0 aliphatic rings. The van der Waals surface area contributed by atoms with E-state index in [1.165, 1.54) is 5.39 Å². The topological polar surface area (TPSA) is 51.8 Å². The van der Waals surface area contributed by atoms with Crippen LogP contribution in [0, 0.1) is 0 Å². The van der Waals surface area contributed by atoms with Crippen molar-refractivity contribution in [2.45, 2.75) is 0 Å². The van der Waals surface area contributed by atoms with Gasteiger partial charge in [-0.25, -0.2) is 15.0 Å². The van der Waals surface area contributed by atoms with Gasteiger partial charge in [-0.3, -0.25) is 0 Å². The molecule has 4 nitrogen and oxygen atoms in total. The van der Waals surface area contributed by atoms with E-state index in [-0.39, 0.29) is 0 Å². The number of aromatic nitrogens is 3. The van der Waals surface area contributed by atoms with E-state index < -0.39 is 0 Å². The fraction of sp³-hybridized carbons (Fsp3) is 0. The van der Waals surface area contributed by atoms with Crippen molar-refractivity contribution in [3.05, 3.63) is 164 Å².